The largest absolute Gasteiger partial charge is 0.454 e. The zero-order valence-corrected chi connectivity index (χ0v) is 14.0. The summed E-state index contributed by atoms with van der Waals surface area (Å²) in [7, 11) is 0. The molecule has 0 saturated heterocycles. The molecule has 1 aromatic heterocycles. The number of aromatic nitrogens is 2. The number of carbonyl (C=O) groups is 1. The minimum atomic E-state index is -0.160. The van der Waals surface area contributed by atoms with E-state index in [9.17, 15) is 9.59 Å². The van der Waals surface area contributed by atoms with Gasteiger partial charge in [-0.3, -0.25) is 14.3 Å². The Morgan fingerprint density at radius 3 is 2.92 bits per heavy atom. The number of hydrogen-bond donors (Lipinski definition) is 1. The maximum absolute atomic E-state index is 12.2. The second-order valence-corrected chi connectivity index (χ2v) is 5.97. The molecule has 1 aliphatic heterocycles. The Morgan fingerprint density at radius 1 is 1.15 bits per heavy atom. The van der Waals surface area contributed by atoms with Crippen LogP contribution in [0.5, 0.6) is 11.5 Å². The fourth-order valence-corrected chi connectivity index (χ4v) is 2.92. The Balaban J connectivity index is 1.37. The van der Waals surface area contributed by atoms with E-state index in [0.717, 1.165) is 17.1 Å². The molecule has 26 heavy (non-hydrogen) atoms. The van der Waals surface area contributed by atoms with Crippen molar-refractivity contribution in [3.05, 3.63) is 64.4 Å². The van der Waals surface area contributed by atoms with E-state index in [0.29, 0.717) is 23.9 Å². The second kappa shape index (κ2) is 6.87. The third-order valence-corrected chi connectivity index (χ3v) is 4.23. The van der Waals surface area contributed by atoms with E-state index in [-0.39, 0.29) is 24.7 Å². The number of carbonyl (C=O) groups excluding carboxylic acids is 1. The van der Waals surface area contributed by atoms with E-state index in [1.165, 1.54) is 10.9 Å². The van der Waals surface area contributed by atoms with Gasteiger partial charge in [0.05, 0.1) is 11.7 Å². The van der Waals surface area contributed by atoms with Crippen molar-refractivity contribution in [1.29, 1.82) is 0 Å². The van der Waals surface area contributed by atoms with Crippen molar-refractivity contribution >= 4 is 16.8 Å². The van der Waals surface area contributed by atoms with Crippen molar-refractivity contribution in [3.8, 4) is 11.5 Å². The molecule has 7 heteroatoms. The van der Waals surface area contributed by atoms with Crippen molar-refractivity contribution in [1.82, 2.24) is 15.1 Å². The predicted molar refractivity (Wildman–Crippen MR) is 95.3 cm³/mol. The molecular formula is C19H17N3O4. The summed E-state index contributed by atoms with van der Waals surface area (Å²) >= 11 is 0. The van der Waals surface area contributed by atoms with Crippen LogP contribution in [0.25, 0.3) is 10.9 Å². The average Bonchev–Trinajstić information content (AvgIpc) is 3.12. The molecular weight excluding hydrogens is 334 g/mol. The molecule has 132 valence electrons. The third-order valence-electron chi connectivity index (χ3n) is 4.23. The Kier molecular flexibility index (Phi) is 4.27. The number of nitrogens with one attached hydrogen (secondary N) is 1. The van der Waals surface area contributed by atoms with E-state index in [1.54, 1.807) is 18.2 Å². The van der Waals surface area contributed by atoms with Gasteiger partial charge in [-0.1, -0.05) is 18.2 Å². The highest BCUT2D eigenvalue weighted by Gasteiger charge is 2.13. The number of amides is 1. The predicted octanol–water partition coefficient (Wildman–Crippen LogP) is 1.48. The zero-order valence-electron chi connectivity index (χ0n) is 14.0. The lowest BCUT2D eigenvalue weighted by Crippen LogP contribution is -2.30. The molecule has 4 rings (SSSR count). The van der Waals surface area contributed by atoms with Crippen molar-refractivity contribution in [3.63, 3.8) is 0 Å². The van der Waals surface area contributed by atoms with Crippen molar-refractivity contribution in [2.75, 3.05) is 13.3 Å². The van der Waals surface area contributed by atoms with Gasteiger partial charge < -0.3 is 14.8 Å². The lowest BCUT2D eigenvalue weighted by Gasteiger charge is -2.10. The number of ether oxygens (including phenoxy) is 2. The lowest BCUT2D eigenvalue weighted by molar-refractivity contribution is -0.121. The van der Waals surface area contributed by atoms with Gasteiger partial charge in [0, 0.05) is 11.9 Å². The molecule has 2 heterocycles. The molecule has 0 atom stereocenters. The quantitative estimate of drug-likeness (QED) is 0.753. The van der Waals surface area contributed by atoms with Crippen LogP contribution < -0.4 is 20.2 Å². The summed E-state index contributed by atoms with van der Waals surface area (Å²) < 4.78 is 12.2. The van der Waals surface area contributed by atoms with Crippen LogP contribution in [-0.4, -0.2) is 29.0 Å². The van der Waals surface area contributed by atoms with Crippen LogP contribution in [0.1, 0.15) is 5.56 Å². The van der Waals surface area contributed by atoms with E-state index in [1.807, 2.05) is 24.3 Å². The summed E-state index contributed by atoms with van der Waals surface area (Å²) in [5.41, 5.74) is 1.55. The third kappa shape index (κ3) is 3.23. The maximum atomic E-state index is 12.2. The molecule has 0 bridgehead atoms. The zero-order chi connectivity index (χ0) is 17.9. The molecule has 0 fully saturated rings. The van der Waals surface area contributed by atoms with Crippen molar-refractivity contribution in [2.45, 2.75) is 13.0 Å². The second-order valence-electron chi connectivity index (χ2n) is 5.97. The van der Waals surface area contributed by atoms with Gasteiger partial charge >= 0.3 is 0 Å². The minimum absolute atomic E-state index is 0.0575. The number of rotatable bonds is 5. The average molecular weight is 351 g/mol. The molecule has 1 N–H and O–H groups in total. The van der Waals surface area contributed by atoms with Crippen LogP contribution in [0.2, 0.25) is 0 Å². The number of fused-ring (bicyclic) bond motifs is 2. The summed E-state index contributed by atoms with van der Waals surface area (Å²) in [6, 6.07) is 12.9. The molecule has 1 amide bonds. The highest BCUT2D eigenvalue weighted by Crippen LogP contribution is 2.32. The fraction of sp³-hybridized carbons (Fsp3) is 0.211. The van der Waals surface area contributed by atoms with Gasteiger partial charge in [0.25, 0.3) is 0 Å². The number of para-hydroxylation sites is 1. The minimum Gasteiger partial charge on any atom is -0.454 e. The topological polar surface area (TPSA) is 82.5 Å². The summed E-state index contributed by atoms with van der Waals surface area (Å²) in [5, 5.41) is 7.49. The van der Waals surface area contributed by atoms with Gasteiger partial charge in [-0.2, -0.15) is 5.10 Å². The monoisotopic (exact) mass is 351 g/mol. The molecule has 2 aromatic carbocycles. The molecule has 1 aliphatic rings. The molecule has 0 unspecified atom stereocenters. The summed E-state index contributed by atoms with van der Waals surface area (Å²) in [6.07, 6.45) is 1.92. The molecule has 7 nitrogen and oxygen atoms in total. The Bertz CT molecular complexity index is 1030. The van der Waals surface area contributed by atoms with Crippen LogP contribution in [0.3, 0.4) is 0 Å². The first-order valence-corrected chi connectivity index (χ1v) is 8.31. The summed E-state index contributed by atoms with van der Waals surface area (Å²) in [5.74, 6) is 1.32. The molecule has 3 aromatic rings. The van der Waals surface area contributed by atoms with E-state index in [2.05, 4.69) is 10.4 Å². The fourth-order valence-electron chi connectivity index (χ4n) is 2.92. The van der Waals surface area contributed by atoms with E-state index in [4.69, 9.17) is 9.47 Å². The van der Waals surface area contributed by atoms with Gasteiger partial charge in [0.1, 0.15) is 6.54 Å². The van der Waals surface area contributed by atoms with Gasteiger partial charge in [-0.25, -0.2) is 0 Å². The smallest absolute Gasteiger partial charge is 0.241 e. The normalized spacial score (nSPS) is 12.3. The van der Waals surface area contributed by atoms with Crippen LogP contribution in [0.4, 0.5) is 0 Å². The Labute approximate surface area is 149 Å². The molecule has 0 saturated carbocycles. The van der Waals surface area contributed by atoms with Gasteiger partial charge in [0.2, 0.25) is 18.1 Å². The number of nitrogens with zero attached hydrogens (tertiary/aromatic N) is 2. The van der Waals surface area contributed by atoms with Gasteiger partial charge in [0.15, 0.2) is 11.5 Å². The highest BCUT2D eigenvalue weighted by atomic mass is 16.7. The number of hydrogen-bond acceptors (Lipinski definition) is 5. The summed E-state index contributed by atoms with van der Waals surface area (Å²) in [6.45, 7) is 0.800. The van der Waals surface area contributed by atoms with Crippen LogP contribution >= 0.6 is 0 Å². The van der Waals surface area contributed by atoms with Crippen LogP contribution in [0.15, 0.2) is 53.5 Å². The molecule has 0 aliphatic carbocycles. The molecule has 0 spiro atoms. The standard InChI is InChI=1S/C19H17N3O4/c23-16-10-21-22(15-4-2-1-3-14(15)16)11-19(24)20-8-7-13-5-6-17-18(9-13)26-12-25-17/h1-6,9-10H,7-8,11-12H2,(H,20,24). The van der Waals surface area contributed by atoms with Crippen molar-refractivity contribution in [2.24, 2.45) is 0 Å². The number of benzene rings is 2. The highest BCUT2D eigenvalue weighted by molar-refractivity contribution is 5.81. The van der Waals surface area contributed by atoms with Crippen LogP contribution in [0, 0.1) is 0 Å². The SMILES string of the molecule is O=C(Cn1ncc(=O)c2ccccc21)NCCc1ccc2c(c1)OCO2. The first-order chi connectivity index (χ1) is 12.7. The van der Waals surface area contributed by atoms with Crippen LogP contribution in [-0.2, 0) is 17.8 Å². The first kappa shape index (κ1) is 16.1. The van der Waals surface area contributed by atoms with E-state index >= 15 is 0 Å². The Hall–Kier alpha value is -3.35. The van der Waals surface area contributed by atoms with Gasteiger partial charge in [-0.05, 0) is 36.2 Å². The van der Waals surface area contributed by atoms with Gasteiger partial charge in [-0.15, -0.1) is 0 Å². The molecule has 0 radical (unpaired) electrons. The Morgan fingerprint density at radius 2 is 2.00 bits per heavy atom. The first-order valence-electron chi connectivity index (χ1n) is 8.31. The summed E-state index contributed by atoms with van der Waals surface area (Å²) in [4.78, 5) is 24.1. The van der Waals surface area contributed by atoms with E-state index < -0.39 is 0 Å². The lowest BCUT2D eigenvalue weighted by atomic mass is 10.1. The maximum Gasteiger partial charge on any atom is 0.241 e. The van der Waals surface area contributed by atoms with Crippen molar-refractivity contribution < 1.29 is 14.3 Å².